The molecule has 0 bridgehead atoms. The van der Waals surface area contributed by atoms with Gasteiger partial charge in [0.25, 0.3) is 0 Å². The molecule has 0 radical (unpaired) electrons. The molecule has 1 N–H and O–H groups in total. The Morgan fingerprint density at radius 1 is 1.24 bits per heavy atom. The number of aryl methyl sites for hydroxylation is 2. The molecule has 3 nitrogen and oxygen atoms in total. The van der Waals surface area contributed by atoms with Gasteiger partial charge in [0.05, 0.1) is 0 Å². The summed E-state index contributed by atoms with van der Waals surface area (Å²) < 4.78 is 19.8. The first kappa shape index (κ1) is 15.4. The highest BCUT2D eigenvalue weighted by Gasteiger charge is 2.11. The summed E-state index contributed by atoms with van der Waals surface area (Å²) in [6.07, 6.45) is 2.84. The van der Waals surface area contributed by atoms with E-state index in [9.17, 15) is 4.39 Å². The van der Waals surface area contributed by atoms with Crippen molar-refractivity contribution in [1.82, 2.24) is 10.3 Å². The van der Waals surface area contributed by atoms with E-state index in [1.807, 2.05) is 13.0 Å². The van der Waals surface area contributed by atoms with Crippen molar-refractivity contribution in [3.05, 3.63) is 53.1 Å². The van der Waals surface area contributed by atoms with Crippen LogP contribution in [0.5, 0.6) is 11.5 Å². The van der Waals surface area contributed by atoms with Crippen LogP contribution in [0.2, 0.25) is 0 Å². The molecule has 21 heavy (non-hydrogen) atoms. The maximum Gasteiger partial charge on any atom is 0.168 e. The zero-order valence-corrected chi connectivity index (χ0v) is 12.7. The first-order valence-corrected chi connectivity index (χ1v) is 7.21. The van der Waals surface area contributed by atoms with Crippen molar-refractivity contribution in [3.63, 3.8) is 0 Å². The van der Waals surface area contributed by atoms with E-state index >= 15 is 0 Å². The zero-order chi connectivity index (χ0) is 15.2. The third-order valence-corrected chi connectivity index (χ3v) is 3.20. The van der Waals surface area contributed by atoms with Crippen molar-refractivity contribution in [3.8, 4) is 11.5 Å². The molecule has 1 heterocycles. The second kappa shape index (κ2) is 7.18. The molecule has 0 atom stereocenters. The number of pyridine rings is 1. The Bertz CT molecular complexity index is 614. The predicted molar refractivity (Wildman–Crippen MR) is 82.2 cm³/mol. The molecule has 0 aliphatic heterocycles. The molecule has 0 aliphatic rings. The number of nitrogens with zero attached hydrogens (tertiary/aromatic N) is 1. The lowest BCUT2D eigenvalue weighted by Gasteiger charge is -2.13. The van der Waals surface area contributed by atoms with Crippen LogP contribution in [0.15, 0.2) is 30.5 Å². The van der Waals surface area contributed by atoms with E-state index in [4.69, 9.17) is 4.74 Å². The summed E-state index contributed by atoms with van der Waals surface area (Å²) in [4.78, 5) is 4.29. The van der Waals surface area contributed by atoms with Crippen LogP contribution in [0, 0.1) is 19.7 Å². The lowest BCUT2D eigenvalue weighted by atomic mass is 10.2. The molecule has 1 aromatic carbocycles. The summed E-state index contributed by atoms with van der Waals surface area (Å²) in [7, 11) is 0. The number of hydrogen-bond donors (Lipinski definition) is 1. The Morgan fingerprint density at radius 3 is 2.81 bits per heavy atom. The van der Waals surface area contributed by atoms with Gasteiger partial charge in [0.2, 0.25) is 0 Å². The van der Waals surface area contributed by atoms with Crippen molar-refractivity contribution in [2.45, 2.75) is 33.7 Å². The number of aromatic nitrogens is 1. The highest BCUT2D eigenvalue weighted by Crippen LogP contribution is 2.29. The molecule has 2 rings (SSSR count). The largest absolute Gasteiger partial charge is 0.454 e. The van der Waals surface area contributed by atoms with Gasteiger partial charge in [-0.25, -0.2) is 4.39 Å². The standard InChI is InChI=1S/C17H21FN2O/c1-4-8-19-10-14-11-20-13(3)9-16(14)21-15-7-5-6-12(2)17(15)18/h5-7,9,11,19H,4,8,10H2,1-3H3. The predicted octanol–water partition coefficient (Wildman–Crippen LogP) is 4.13. The van der Waals surface area contributed by atoms with E-state index < -0.39 is 0 Å². The molecule has 0 unspecified atom stereocenters. The third kappa shape index (κ3) is 4.02. The SMILES string of the molecule is CCCNCc1cnc(C)cc1Oc1cccc(C)c1F. The summed E-state index contributed by atoms with van der Waals surface area (Å²) in [5.74, 6) is 0.576. The molecule has 112 valence electrons. The smallest absolute Gasteiger partial charge is 0.168 e. The summed E-state index contributed by atoms with van der Waals surface area (Å²) in [5, 5.41) is 3.31. The summed E-state index contributed by atoms with van der Waals surface area (Å²) in [5.41, 5.74) is 2.34. The van der Waals surface area contributed by atoms with Crippen molar-refractivity contribution in [1.29, 1.82) is 0 Å². The number of nitrogens with one attached hydrogen (secondary N) is 1. The van der Waals surface area contributed by atoms with E-state index in [2.05, 4.69) is 17.2 Å². The van der Waals surface area contributed by atoms with Crippen LogP contribution in [0.25, 0.3) is 0 Å². The van der Waals surface area contributed by atoms with Crippen molar-refractivity contribution < 1.29 is 9.13 Å². The molecule has 0 saturated heterocycles. The summed E-state index contributed by atoms with van der Waals surface area (Å²) in [6.45, 7) is 7.31. The molecule has 0 saturated carbocycles. The lowest BCUT2D eigenvalue weighted by molar-refractivity contribution is 0.432. The minimum absolute atomic E-state index is 0.248. The maximum atomic E-state index is 14.1. The van der Waals surface area contributed by atoms with Crippen LogP contribution in [0.1, 0.15) is 30.2 Å². The number of rotatable bonds is 6. The highest BCUT2D eigenvalue weighted by molar-refractivity contribution is 5.39. The van der Waals surface area contributed by atoms with E-state index in [0.717, 1.165) is 24.2 Å². The minimum atomic E-state index is -0.320. The molecule has 1 aromatic heterocycles. The van der Waals surface area contributed by atoms with Crippen LogP contribution in [0.4, 0.5) is 4.39 Å². The van der Waals surface area contributed by atoms with E-state index in [1.165, 1.54) is 0 Å². The first-order chi connectivity index (χ1) is 10.1. The molecule has 2 aromatic rings. The average Bonchev–Trinajstić information content (AvgIpc) is 2.46. The molecular weight excluding hydrogens is 267 g/mol. The van der Waals surface area contributed by atoms with Gasteiger partial charge < -0.3 is 10.1 Å². The molecule has 4 heteroatoms. The minimum Gasteiger partial charge on any atom is -0.454 e. The monoisotopic (exact) mass is 288 g/mol. The van der Waals surface area contributed by atoms with Crippen LogP contribution < -0.4 is 10.1 Å². The fourth-order valence-electron chi connectivity index (χ4n) is 2.01. The maximum absolute atomic E-state index is 14.1. The van der Waals surface area contributed by atoms with Gasteiger partial charge in [-0.15, -0.1) is 0 Å². The number of benzene rings is 1. The molecule has 0 amide bonds. The van der Waals surface area contributed by atoms with Gasteiger partial charge in [-0.05, 0) is 38.4 Å². The number of hydrogen-bond acceptors (Lipinski definition) is 3. The Labute approximate surface area is 125 Å². The van der Waals surface area contributed by atoms with Gasteiger partial charge in [0.1, 0.15) is 5.75 Å². The molecule has 0 spiro atoms. The molecule has 0 aliphatic carbocycles. The van der Waals surface area contributed by atoms with Crippen molar-refractivity contribution in [2.75, 3.05) is 6.54 Å². The van der Waals surface area contributed by atoms with E-state index in [-0.39, 0.29) is 11.6 Å². The van der Waals surface area contributed by atoms with Crippen LogP contribution >= 0.6 is 0 Å². The topological polar surface area (TPSA) is 34.2 Å². The van der Waals surface area contributed by atoms with Gasteiger partial charge in [0, 0.05) is 30.1 Å². The summed E-state index contributed by atoms with van der Waals surface area (Å²) >= 11 is 0. The van der Waals surface area contributed by atoms with Gasteiger partial charge in [-0.2, -0.15) is 0 Å². The van der Waals surface area contributed by atoms with Crippen molar-refractivity contribution in [2.24, 2.45) is 0 Å². The van der Waals surface area contributed by atoms with E-state index in [0.29, 0.717) is 17.9 Å². The first-order valence-electron chi connectivity index (χ1n) is 7.21. The Balaban J connectivity index is 2.25. The Morgan fingerprint density at radius 2 is 2.05 bits per heavy atom. The molecular formula is C17H21FN2O. The molecule has 0 fully saturated rings. The fraction of sp³-hybridized carbons (Fsp3) is 0.353. The Hall–Kier alpha value is -1.94. The van der Waals surface area contributed by atoms with Gasteiger partial charge in [-0.3, -0.25) is 4.98 Å². The number of halogens is 1. The average molecular weight is 288 g/mol. The Kier molecular flexibility index (Phi) is 5.28. The quantitative estimate of drug-likeness (QED) is 0.812. The van der Waals surface area contributed by atoms with Gasteiger partial charge in [0.15, 0.2) is 11.6 Å². The number of ether oxygens (including phenoxy) is 1. The lowest BCUT2D eigenvalue weighted by Crippen LogP contribution is -2.14. The van der Waals surface area contributed by atoms with Gasteiger partial charge >= 0.3 is 0 Å². The van der Waals surface area contributed by atoms with Crippen LogP contribution in [-0.4, -0.2) is 11.5 Å². The summed E-state index contributed by atoms with van der Waals surface area (Å²) in [6, 6.07) is 6.99. The van der Waals surface area contributed by atoms with Crippen LogP contribution in [-0.2, 0) is 6.54 Å². The zero-order valence-electron chi connectivity index (χ0n) is 12.7. The van der Waals surface area contributed by atoms with Gasteiger partial charge in [-0.1, -0.05) is 19.1 Å². The normalized spacial score (nSPS) is 10.7. The second-order valence-electron chi connectivity index (χ2n) is 5.10. The second-order valence-corrected chi connectivity index (χ2v) is 5.10. The van der Waals surface area contributed by atoms with Crippen molar-refractivity contribution >= 4 is 0 Å². The van der Waals surface area contributed by atoms with Crippen LogP contribution in [0.3, 0.4) is 0 Å². The van der Waals surface area contributed by atoms with E-state index in [1.54, 1.807) is 31.3 Å². The third-order valence-electron chi connectivity index (χ3n) is 3.20. The highest BCUT2D eigenvalue weighted by atomic mass is 19.1. The fourth-order valence-corrected chi connectivity index (χ4v) is 2.01.